The first-order valence-electron chi connectivity index (χ1n) is 11.1. The number of rotatable bonds is 11. The van der Waals surface area contributed by atoms with E-state index in [1.165, 1.54) is 18.4 Å². The van der Waals surface area contributed by atoms with Crippen LogP contribution in [0.25, 0.3) is 0 Å². The van der Waals surface area contributed by atoms with Crippen LogP contribution in [0.2, 0.25) is 0 Å². The summed E-state index contributed by atoms with van der Waals surface area (Å²) in [5.74, 6) is 2.49. The second-order valence-corrected chi connectivity index (χ2v) is 7.93. The first-order valence-corrected chi connectivity index (χ1v) is 11.1. The van der Waals surface area contributed by atoms with E-state index in [2.05, 4.69) is 42.7 Å². The molecule has 1 aromatic heterocycles. The molecule has 2 aromatic rings. The molecular formula is C24H34N4O2. The molecule has 0 aliphatic heterocycles. The molecule has 162 valence electrons. The van der Waals surface area contributed by atoms with E-state index < -0.39 is 0 Å². The standard InChI is InChI=1S/C24H34N4O2/c1-3-25-24(26-13-5-7-15-28-14-6-4-8-23(28)29)27-17-21-12-9-19(2)16-22(21)30-18-20-10-11-20/h4,6,8-9,12,14,16,20H,3,5,7,10-11,13,15,17-18H2,1-2H3,(H2,25,26,27). The molecule has 0 unspecified atom stereocenters. The maximum atomic E-state index is 11.7. The number of hydrogen-bond donors (Lipinski definition) is 2. The average molecular weight is 411 g/mol. The smallest absolute Gasteiger partial charge is 0.250 e. The lowest BCUT2D eigenvalue weighted by Crippen LogP contribution is -2.37. The largest absolute Gasteiger partial charge is 0.493 e. The van der Waals surface area contributed by atoms with Gasteiger partial charge in [-0.05, 0) is 63.1 Å². The van der Waals surface area contributed by atoms with Gasteiger partial charge in [-0.3, -0.25) is 4.79 Å². The van der Waals surface area contributed by atoms with Crippen molar-refractivity contribution in [1.29, 1.82) is 0 Å². The van der Waals surface area contributed by atoms with Crippen LogP contribution >= 0.6 is 0 Å². The third-order valence-electron chi connectivity index (χ3n) is 5.16. The molecule has 1 saturated carbocycles. The van der Waals surface area contributed by atoms with Gasteiger partial charge < -0.3 is 19.9 Å². The fourth-order valence-electron chi connectivity index (χ4n) is 3.18. The number of hydrogen-bond acceptors (Lipinski definition) is 3. The molecule has 6 nitrogen and oxygen atoms in total. The maximum Gasteiger partial charge on any atom is 0.250 e. The minimum absolute atomic E-state index is 0.0539. The van der Waals surface area contributed by atoms with E-state index in [9.17, 15) is 4.79 Å². The van der Waals surface area contributed by atoms with Gasteiger partial charge in [0.25, 0.3) is 0 Å². The molecule has 3 rings (SSSR count). The molecule has 0 atom stereocenters. The summed E-state index contributed by atoms with van der Waals surface area (Å²) in [6.07, 6.45) is 6.31. The quantitative estimate of drug-likeness (QED) is 0.338. The summed E-state index contributed by atoms with van der Waals surface area (Å²) in [4.78, 5) is 16.5. The third-order valence-corrected chi connectivity index (χ3v) is 5.16. The lowest BCUT2D eigenvalue weighted by molar-refractivity contribution is 0.296. The number of nitrogens with one attached hydrogen (secondary N) is 2. The van der Waals surface area contributed by atoms with Crippen LogP contribution in [-0.2, 0) is 13.1 Å². The van der Waals surface area contributed by atoms with Gasteiger partial charge in [-0.15, -0.1) is 0 Å². The summed E-state index contributed by atoms with van der Waals surface area (Å²) in [5, 5.41) is 6.70. The summed E-state index contributed by atoms with van der Waals surface area (Å²) in [6.45, 7) is 7.90. The van der Waals surface area contributed by atoms with Gasteiger partial charge in [0.05, 0.1) is 13.2 Å². The highest BCUT2D eigenvalue weighted by molar-refractivity contribution is 5.79. The Kier molecular flexibility index (Phi) is 8.36. The Morgan fingerprint density at radius 1 is 1.20 bits per heavy atom. The minimum atomic E-state index is 0.0539. The Bertz CT molecular complexity index is 887. The van der Waals surface area contributed by atoms with Crippen LogP contribution < -0.4 is 20.9 Å². The Balaban J connectivity index is 1.49. The van der Waals surface area contributed by atoms with Crippen LogP contribution in [0.5, 0.6) is 5.75 Å². The topological polar surface area (TPSA) is 67.7 Å². The van der Waals surface area contributed by atoms with E-state index in [1.54, 1.807) is 16.7 Å². The number of benzene rings is 1. The van der Waals surface area contributed by atoms with Crippen LogP contribution in [0, 0.1) is 12.8 Å². The van der Waals surface area contributed by atoms with E-state index in [1.807, 2.05) is 12.3 Å². The highest BCUT2D eigenvalue weighted by Crippen LogP contribution is 2.30. The lowest BCUT2D eigenvalue weighted by atomic mass is 10.1. The van der Waals surface area contributed by atoms with E-state index >= 15 is 0 Å². The van der Waals surface area contributed by atoms with Gasteiger partial charge in [0, 0.05) is 37.5 Å². The molecule has 1 fully saturated rings. The fourth-order valence-corrected chi connectivity index (χ4v) is 3.18. The molecule has 1 aliphatic rings. The van der Waals surface area contributed by atoms with E-state index in [4.69, 9.17) is 9.73 Å². The molecule has 6 heteroatoms. The number of guanidine groups is 1. The highest BCUT2D eigenvalue weighted by Gasteiger charge is 2.22. The maximum absolute atomic E-state index is 11.7. The second kappa shape index (κ2) is 11.4. The molecule has 30 heavy (non-hydrogen) atoms. The Hall–Kier alpha value is -2.76. The zero-order valence-electron chi connectivity index (χ0n) is 18.2. The molecule has 0 saturated heterocycles. The van der Waals surface area contributed by atoms with Crippen molar-refractivity contribution in [2.75, 3.05) is 19.7 Å². The Morgan fingerprint density at radius 3 is 2.83 bits per heavy atom. The number of aliphatic imine (C=N–C) groups is 1. The van der Waals surface area contributed by atoms with Crippen LogP contribution in [0.3, 0.4) is 0 Å². The minimum Gasteiger partial charge on any atom is -0.493 e. The van der Waals surface area contributed by atoms with Crippen molar-refractivity contribution in [3.05, 3.63) is 64.1 Å². The number of ether oxygens (including phenoxy) is 1. The number of unbranched alkanes of at least 4 members (excludes halogenated alkanes) is 1. The van der Waals surface area contributed by atoms with Crippen molar-refractivity contribution in [2.24, 2.45) is 10.9 Å². The third kappa shape index (κ3) is 7.25. The van der Waals surface area contributed by atoms with Gasteiger partial charge in [-0.1, -0.05) is 18.2 Å². The first-order chi connectivity index (χ1) is 14.7. The lowest BCUT2D eigenvalue weighted by Gasteiger charge is -2.14. The van der Waals surface area contributed by atoms with Crippen LogP contribution in [-0.4, -0.2) is 30.2 Å². The zero-order valence-corrected chi connectivity index (χ0v) is 18.2. The molecular weight excluding hydrogens is 376 g/mol. The number of aromatic nitrogens is 1. The number of nitrogens with zero attached hydrogens (tertiary/aromatic N) is 2. The van der Waals surface area contributed by atoms with Crippen molar-refractivity contribution in [2.45, 2.75) is 52.6 Å². The van der Waals surface area contributed by atoms with Gasteiger partial charge in [-0.2, -0.15) is 0 Å². The fraction of sp³-hybridized carbons (Fsp3) is 0.500. The van der Waals surface area contributed by atoms with E-state index in [-0.39, 0.29) is 5.56 Å². The predicted molar refractivity (Wildman–Crippen MR) is 122 cm³/mol. The van der Waals surface area contributed by atoms with Crippen molar-refractivity contribution in [3.63, 3.8) is 0 Å². The zero-order chi connectivity index (χ0) is 21.2. The number of pyridine rings is 1. The SMILES string of the molecule is CCNC(=NCc1ccc(C)cc1OCC1CC1)NCCCCn1ccccc1=O. The molecule has 0 radical (unpaired) electrons. The average Bonchev–Trinajstić information content (AvgIpc) is 3.57. The van der Waals surface area contributed by atoms with Gasteiger partial charge in [0.15, 0.2) is 5.96 Å². The van der Waals surface area contributed by atoms with Gasteiger partial charge in [0.2, 0.25) is 5.56 Å². The van der Waals surface area contributed by atoms with Crippen LogP contribution in [0.15, 0.2) is 52.4 Å². The highest BCUT2D eigenvalue weighted by atomic mass is 16.5. The van der Waals surface area contributed by atoms with Gasteiger partial charge >= 0.3 is 0 Å². The van der Waals surface area contributed by atoms with Crippen molar-refractivity contribution < 1.29 is 4.74 Å². The monoisotopic (exact) mass is 410 g/mol. The Labute approximate surface area is 179 Å². The number of aryl methyl sites for hydroxylation is 2. The molecule has 0 amide bonds. The summed E-state index contributed by atoms with van der Waals surface area (Å²) in [6, 6.07) is 11.6. The second-order valence-electron chi connectivity index (χ2n) is 7.93. The summed E-state index contributed by atoms with van der Waals surface area (Å²) in [7, 11) is 0. The molecule has 1 aliphatic carbocycles. The van der Waals surface area contributed by atoms with Crippen LogP contribution in [0.4, 0.5) is 0 Å². The normalized spacial score (nSPS) is 13.9. The van der Waals surface area contributed by atoms with Gasteiger partial charge in [0.1, 0.15) is 5.75 Å². The van der Waals surface area contributed by atoms with E-state index in [0.717, 1.165) is 62.3 Å². The molecule has 0 spiro atoms. The van der Waals surface area contributed by atoms with E-state index in [0.29, 0.717) is 6.54 Å². The molecule has 2 N–H and O–H groups in total. The van der Waals surface area contributed by atoms with Crippen LogP contribution in [0.1, 0.15) is 43.7 Å². The molecule has 1 aromatic carbocycles. The molecule has 1 heterocycles. The summed E-state index contributed by atoms with van der Waals surface area (Å²) >= 11 is 0. The first kappa shape index (κ1) is 21.9. The van der Waals surface area contributed by atoms with Crippen molar-refractivity contribution in [3.8, 4) is 5.75 Å². The summed E-state index contributed by atoms with van der Waals surface area (Å²) < 4.78 is 7.81. The van der Waals surface area contributed by atoms with Crippen molar-refractivity contribution >= 4 is 5.96 Å². The summed E-state index contributed by atoms with van der Waals surface area (Å²) in [5.41, 5.74) is 2.37. The van der Waals surface area contributed by atoms with Crippen molar-refractivity contribution in [1.82, 2.24) is 15.2 Å². The van der Waals surface area contributed by atoms with Gasteiger partial charge in [-0.25, -0.2) is 4.99 Å². The Morgan fingerprint density at radius 2 is 2.07 bits per heavy atom. The predicted octanol–water partition coefficient (Wildman–Crippen LogP) is 3.48. The molecule has 0 bridgehead atoms.